The van der Waals surface area contributed by atoms with Gasteiger partial charge in [-0.1, -0.05) is 24.3 Å². The Balaban J connectivity index is 0.000000165. The van der Waals surface area contributed by atoms with Gasteiger partial charge >= 0.3 is 19.5 Å². The molecular weight excluding hydrogens is 1120 g/mol. The third kappa shape index (κ3) is 12.0. The highest BCUT2D eigenvalue weighted by atomic mass is 79.9. The summed E-state index contributed by atoms with van der Waals surface area (Å²) in [4.78, 5) is 40.1. The van der Waals surface area contributed by atoms with Crippen molar-refractivity contribution in [3.05, 3.63) is 159 Å². The van der Waals surface area contributed by atoms with Crippen LogP contribution in [0, 0.1) is 27.7 Å². The summed E-state index contributed by atoms with van der Waals surface area (Å²) in [5.74, 6) is -1.00. The highest BCUT2D eigenvalue weighted by Gasteiger charge is 2.37. The SMILES string of the molecule is Cc1cc(C)cc(Nc2ncc(-c3ccc4c(c3)C(=O)NS4(=O)=O)c(-n3ccc(C(F)(F)F)n3)n2)c1.Cc1cc(C)cc(Nc2ncc(Br)c(-n3ccc(C(F)(F)F)n3)n2)c1.O=C1NS(=O)(=O)c2ccc(B(O)O)cc21. The van der Waals surface area contributed by atoms with E-state index in [1.54, 1.807) is 4.72 Å². The molecule has 0 atom stereocenters. The lowest BCUT2D eigenvalue weighted by Crippen LogP contribution is -2.30. The van der Waals surface area contributed by atoms with Crippen LogP contribution in [0.3, 0.4) is 0 Å². The first-order chi connectivity index (χ1) is 35.5. The fourth-order valence-corrected chi connectivity index (χ4v) is 10.3. The van der Waals surface area contributed by atoms with Crippen LogP contribution in [-0.4, -0.2) is 85.3 Å². The number of anilines is 4. The van der Waals surface area contributed by atoms with Crippen molar-refractivity contribution in [1.29, 1.82) is 0 Å². The Morgan fingerprint density at radius 2 is 1.01 bits per heavy atom. The number of carbonyl (C=O) groups is 2. The quantitative estimate of drug-likeness (QED) is 0.0678. The number of benzene rings is 4. The molecule has 2 aliphatic rings. The molecule has 0 aliphatic carbocycles. The van der Waals surface area contributed by atoms with E-state index >= 15 is 0 Å². The largest absolute Gasteiger partial charge is 0.488 e. The highest BCUT2D eigenvalue weighted by Crippen LogP contribution is 2.34. The maximum atomic E-state index is 13.2. The molecule has 76 heavy (non-hydrogen) atoms. The number of sulfonamides is 2. The van der Waals surface area contributed by atoms with Gasteiger partial charge in [0.25, 0.3) is 31.9 Å². The topological polar surface area (TPSA) is 278 Å². The van der Waals surface area contributed by atoms with Crippen LogP contribution in [0.2, 0.25) is 0 Å². The van der Waals surface area contributed by atoms with E-state index in [2.05, 4.69) is 56.7 Å². The van der Waals surface area contributed by atoms with Crippen molar-refractivity contribution in [3.8, 4) is 22.8 Å². The lowest BCUT2D eigenvalue weighted by Gasteiger charge is -2.13. The van der Waals surface area contributed by atoms with E-state index in [-0.39, 0.29) is 55.5 Å². The molecule has 6 heterocycles. The van der Waals surface area contributed by atoms with Gasteiger partial charge in [-0.15, -0.1) is 0 Å². The second-order valence-corrected chi connectivity index (χ2v) is 21.0. The standard InChI is InChI=1S/C23H17F3N6O3S.C16H13BrF3N5.C7H6BNO5S/c1-12-7-13(2)9-15(8-12)28-22-27-11-17(20(29-22)32-6-5-19(30-32)23(24,25)26)14-3-4-18-16(10-14)21(33)31-36(18,34)35;1-9-5-10(2)7-11(6-9)22-15-21-8-12(17)14(23-15)25-4-3-13(24-25)16(18,19)20;10-7-5-3-4(8(11)12)1-2-6(5)15(13,14)9-7/h3-11H,1-2H3,(H,31,33)(H,27,28,29);3-8H,1-2H3,(H,21,22,23);1-3,11-12H,(H,9,10). The maximum Gasteiger partial charge on any atom is 0.488 e. The minimum Gasteiger partial charge on any atom is -0.423 e. The first-order valence-electron chi connectivity index (χ1n) is 21.7. The van der Waals surface area contributed by atoms with Crippen molar-refractivity contribution < 1.29 is 62.8 Å². The van der Waals surface area contributed by atoms with Crippen molar-refractivity contribution >= 4 is 83.6 Å². The molecule has 0 fully saturated rings. The van der Waals surface area contributed by atoms with Crippen LogP contribution in [-0.2, 0) is 32.4 Å². The van der Waals surface area contributed by atoms with E-state index < -0.39 is 62.7 Å². The zero-order valence-corrected chi connectivity index (χ0v) is 42.6. The number of rotatable bonds is 8. The maximum absolute atomic E-state index is 13.2. The molecule has 30 heteroatoms. The average Bonchev–Trinajstić information content (AvgIpc) is 4.12. The summed E-state index contributed by atoms with van der Waals surface area (Å²) in [5.41, 5.74) is 3.96. The van der Waals surface area contributed by atoms with Crippen LogP contribution in [0.25, 0.3) is 22.8 Å². The number of alkyl halides is 6. The predicted octanol–water partition coefficient (Wildman–Crippen LogP) is 6.74. The van der Waals surface area contributed by atoms with Gasteiger partial charge in [0.15, 0.2) is 23.0 Å². The van der Waals surface area contributed by atoms with E-state index in [0.717, 1.165) is 67.8 Å². The zero-order chi connectivity index (χ0) is 55.2. The molecule has 0 spiro atoms. The van der Waals surface area contributed by atoms with Crippen LogP contribution < -0.4 is 25.5 Å². The number of hydrogen-bond donors (Lipinski definition) is 6. The molecule has 4 aromatic carbocycles. The summed E-state index contributed by atoms with van der Waals surface area (Å²) in [7, 11) is -9.45. The molecule has 6 N–H and O–H groups in total. The molecule has 2 aliphatic heterocycles. The minimum absolute atomic E-state index is 0.00594. The van der Waals surface area contributed by atoms with E-state index in [4.69, 9.17) is 10.0 Å². The van der Waals surface area contributed by atoms with E-state index in [0.29, 0.717) is 15.7 Å². The molecule has 2 amide bonds. The molecule has 20 nitrogen and oxygen atoms in total. The molecule has 4 aromatic heterocycles. The smallest absolute Gasteiger partial charge is 0.423 e. The van der Waals surface area contributed by atoms with Crippen molar-refractivity contribution in [2.24, 2.45) is 0 Å². The summed E-state index contributed by atoms with van der Waals surface area (Å²) in [6.45, 7) is 7.77. The van der Waals surface area contributed by atoms with Gasteiger partial charge in [0.05, 0.1) is 15.6 Å². The molecular formula is C46H36BBrF6N12O8S2. The number of fused-ring (bicyclic) bond motifs is 2. The Morgan fingerprint density at radius 3 is 1.47 bits per heavy atom. The van der Waals surface area contributed by atoms with Crippen molar-refractivity contribution in [2.75, 3.05) is 10.6 Å². The summed E-state index contributed by atoms with van der Waals surface area (Å²) in [6.07, 6.45) is -4.03. The van der Waals surface area contributed by atoms with E-state index in [1.165, 1.54) is 42.9 Å². The van der Waals surface area contributed by atoms with Crippen LogP contribution in [0.5, 0.6) is 0 Å². The first kappa shape index (κ1) is 54.2. The normalized spacial score (nSPS) is 14.0. The number of aromatic nitrogens is 8. The summed E-state index contributed by atoms with van der Waals surface area (Å²) < 4.78 is 131. The van der Waals surface area contributed by atoms with Crippen molar-refractivity contribution in [1.82, 2.24) is 48.9 Å². The van der Waals surface area contributed by atoms with Gasteiger partial charge in [-0.3, -0.25) is 9.59 Å². The molecule has 10 rings (SSSR count). The summed E-state index contributed by atoms with van der Waals surface area (Å²) >= 11 is 3.24. The van der Waals surface area contributed by atoms with Gasteiger partial charge in [-0.2, -0.15) is 46.5 Å². The summed E-state index contributed by atoms with van der Waals surface area (Å²) in [5, 5.41) is 30.9. The van der Waals surface area contributed by atoms with Crippen LogP contribution in [0.4, 0.5) is 49.6 Å². The van der Waals surface area contributed by atoms with E-state index in [1.807, 2.05) is 68.8 Å². The second kappa shape index (κ2) is 20.6. The molecule has 8 aromatic rings. The molecule has 0 unspecified atom stereocenters. The van der Waals surface area contributed by atoms with E-state index in [9.17, 15) is 52.8 Å². The predicted molar refractivity (Wildman–Crippen MR) is 265 cm³/mol. The van der Waals surface area contributed by atoms with Gasteiger partial charge in [0.1, 0.15) is 9.79 Å². The average molecular weight is 1150 g/mol. The third-order valence-electron chi connectivity index (χ3n) is 10.8. The van der Waals surface area contributed by atoms with Gasteiger partial charge in [-0.25, -0.2) is 45.6 Å². The fourth-order valence-electron chi connectivity index (χ4n) is 7.62. The lowest BCUT2D eigenvalue weighted by atomic mass is 9.79. The van der Waals surface area contributed by atoms with Gasteiger partial charge in [-0.05, 0) is 138 Å². The van der Waals surface area contributed by atoms with Crippen LogP contribution >= 0.6 is 15.9 Å². The van der Waals surface area contributed by atoms with Crippen molar-refractivity contribution in [3.63, 3.8) is 0 Å². The monoisotopic (exact) mass is 1150 g/mol. The molecule has 0 saturated heterocycles. The number of hydrogen-bond acceptors (Lipinski definition) is 16. The number of carbonyl (C=O) groups excluding carboxylic acids is 2. The highest BCUT2D eigenvalue weighted by molar-refractivity contribution is 9.10. The third-order valence-corrected chi connectivity index (χ3v) is 14.1. The molecule has 392 valence electrons. The van der Waals surface area contributed by atoms with Crippen LogP contribution in [0.15, 0.2) is 124 Å². The molecule has 0 radical (unpaired) electrons. The van der Waals surface area contributed by atoms with Gasteiger partial charge in [0.2, 0.25) is 11.9 Å². The zero-order valence-electron chi connectivity index (χ0n) is 39.4. The van der Waals surface area contributed by atoms with Gasteiger partial charge < -0.3 is 20.7 Å². The Morgan fingerprint density at radius 1 is 0.579 bits per heavy atom. The summed E-state index contributed by atoms with van der Waals surface area (Å²) in [6, 6.07) is 20.8. The number of aryl methyl sites for hydroxylation is 4. The Kier molecular flexibility index (Phi) is 14.7. The number of nitrogens with zero attached hydrogens (tertiary/aromatic N) is 8. The molecule has 0 bridgehead atoms. The molecule has 0 saturated carbocycles. The Labute approximate surface area is 435 Å². The number of halogens is 7. The number of amides is 2. The van der Waals surface area contributed by atoms with Crippen molar-refractivity contribution in [2.45, 2.75) is 49.8 Å². The minimum atomic E-state index is -4.67. The van der Waals surface area contributed by atoms with Crippen LogP contribution in [0.1, 0.15) is 54.4 Å². The Bertz CT molecular complexity index is 3820. The lowest BCUT2D eigenvalue weighted by molar-refractivity contribution is -0.142. The Hall–Kier alpha value is -8.06. The van der Waals surface area contributed by atoms with Gasteiger partial charge in [0, 0.05) is 41.7 Å². The fraction of sp³-hybridized carbons (Fsp3) is 0.130. The number of nitrogens with one attached hydrogen (secondary N) is 4. The first-order valence-corrected chi connectivity index (χ1v) is 25.5. The second-order valence-electron chi connectivity index (χ2n) is 16.8.